The van der Waals surface area contributed by atoms with Gasteiger partial charge in [0.1, 0.15) is 0 Å². The van der Waals surface area contributed by atoms with E-state index >= 15 is 0 Å². The van der Waals surface area contributed by atoms with Crippen molar-refractivity contribution in [3.63, 3.8) is 0 Å². The number of carbonyl (C=O) groups excluding carboxylic acids is 1. The molecule has 0 unspecified atom stereocenters. The number of hydrazine groups is 1. The first-order chi connectivity index (χ1) is 8.08. The summed E-state index contributed by atoms with van der Waals surface area (Å²) < 4.78 is 0. The zero-order chi connectivity index (χ0) is 12.8. The molecule has 0 aromatic carbocycles. The molecule has 0 saturated heterocycles. The standard InChI is InChI=1S/C12H21N3OS/c1-4-5-6-15(3)8-10-7-11(12(16)14-13)17-9(10)2/h7H,4-6,8,13H2,1-3H3,(H,14,16). The molecule has 96 valence electrons. The molecule has 1 heterocycles. The summed E-state index contributed by atoms with van der Waals surface area (Å²) in [6.45, 7) is 6.21. The summed E-state index contributed by atoms with van der Waals surface area (Å²) in [6.07, 6.45) is 2.41. The minimum atomic E-state index is -0.208. The molecule has 0 aliphatic heterocycles. The van der Waals surface area contributed by atoms with Gasteiger partial charge >= 0.3 is 0 Å². The zero-order valence-electron chi connectivity index (χ0n) is 10.7. The van der Waals surface area contributed by atoms with Gasteiger partial charge in [0, 0.05) is 11.4 Å². The molecule has 5 heteroatoms. The number of carbonyl (C=O) groups is 1. The molecule has 0 spiro atoms. The van der Waals surface area contributed by atoms with Crippen LogP contribution >= 0.6 is 11.3 Å². The number of hydrogen-bond donors (Lipinski definition) is 2. The first-order valence-corrected chi connectivity index (χ1v) is 6.69. The fourth-order valence-corrected chi connectivity index (χ4v) is 2.59. The Morgan fingerprint density at radius 2 is 2.29 bits per heavy atom. The highest BCUT2D eigenvalue weighted by atomic mass is 32.1. The number of rotatable bonds is 6. The average molecular weight is 255 g/mol. The number of nitrogen functional groups attached to an aromatic ring is 1. The fourth-order valence-electron chi connectivity index (χ4n) is 1.66. The van der Waals surface area contributed by atoms with Crippen LogP contribution < -0.4 is 11.3 Å². The van der Waals surface area contributed by atoms with E-state index in [0.29, 0.717) is 4.88 Å². The molecule has 1 aromatic rings. The van der Waals surface area contributed by atoms with E-state index in [4.69, 9.17) is 5.84 Å². The van der Waals surface area contributed by atoms with Crippen molar-refractivity contribution < 1.29 is 4.79 Å². The lowest BCUT2D eigenvalue weighted by Crippen LogP contribution is -2.29. The van der Waals surface area contributed by atoms with Crippen LogP contribution in [-0.4, -0.2) is 24.4 Å². The Kier molecular flexibility index (Phi) is 5.61. The summed E-state index contributed by atoms with van der Waals surface area (Å²) in [5, 5.41) is 0. The van der Waals surface area contributed by atoms with Gasteiger partial charge in [-0.1, -0.05) is 13.3 Å². The number of nitrogens with two attached hydrogens (primary N) is 1. The Morgan fingerprint density at radius 1 is 1.59 bits per heavy atom. The largest absolute Gasteiger partial charge is 0.302 e. The number of nitrogens with zero attached hydrogens (tertiary/aromatic N) is 1. The van der Waals surface area contributed by atoms with E-state index in [1.807, 2.05) is 13.0 Å². The van der Waals surface area contributed by atoms with Gasteiger partial charge in [0.2, 0.25) is 0 Å². The summed E-state index contributed by atoms with van der Waals surface area (Å²) in [4.78, 5) is 15.5. The van der Waals surface area contributed by atoms with Gasteiger partial charge in [-0.25, -0.2) is 5.84 Å². The maximum absolute atomic E-state index is 11.4. The lowest BCUT2D eigenvalue weighted by atomic mass is 10.2. The molecule has 1 rings (SSSR count). The molecule has 1 amide bonds. The van der Waals surface area contributed by atoms with Gasteiger partial charge in [0.05, 0.1) is 4.88 Å². The van der Waals surface area contributed by atoms with Crippen molar-refractivity contribution in [1.82, 2.24) is 10.3 Å². The van der Waals surface area contributed by atoms with Gasteiger partial charge in [-0.05, 0) is 38.6 Å². The highest BCUT2D eigenvalue weighted by Crippen LogP contribution is 2.22. The molecule has 0 saturated carbocycles. The minimum absolute atomic E-state index is 0.208. The van der Waals surface area contributed by atoms with Gasteiger partial charge in [-0.3, -0.25) is 10.2 Å². The third-order valence-electron chi connectivity index (χ3n) is 2.71. The van der Waals surface area contributed by atoms with Crippen molar-refractivity contribution in [2.45, 2.75) is 33.2 Å². The average Bonchev–Trinajstić information content (AvgIpc) is 2.67. The quantitative estimate of drug-likeness (QED) is 0.463. The van der Waals surface area contributed by atoms with E-state index in [0.717, 1.165) is 13.1 Å². The summed E-state index contributed by atoms with van der Waals surface area (Å²) in [6, 6.07) is 1.94. The third kappa shape index (κ3) is 4.11. The second-order valence-electron chi connectivity index (χ2n) is 4.26. The highest BCUT2D eigenvalue weighted by Gasteiger charge is 2.12. The Hall–Kier alpha value is -0.910. The van der Waals surface area contributed by atoms with Crippen molar-refractivity contribution in [3.8, 4) is 0 Å². The Morgan fingerprint density at radius 3 is 2.88 bits per heavy atom. The molecule has 0 fully saturated rings. The molecule has 17 heavy (non-hydrogen) atoms. The molecule has 0 atom stereocenters. The molecule has 0 radical (unpaired) electrons. The maximum atomic E-state index is 11.4. The van der Waals surface area contributed by atoms with Crippen molar-refractivity contribution in [2.24, 2.45) is 5.84 Å². The van der Waals surface area contributed by atoms with Crippen LogP contribution in [-0.2, 0) is 6.54 Å². The number of hydrogen-bond acceptors (Lipinski definition) is 4. The summed E-state index contributed by atoms with van der Waals surface area (Å²) >= 11 is 1.49. The van der Waals surface area contributed by atoms with Crippen LogP contribution in [0.5, 0.6) is 0 Å². The minimum Gasteiger partial charge on any atom is -0.302 e. The maximum Gasteiger partial charge on any atom is 0.275 e. The molecule has 0 aliphatic carbocycles. The van der Waals surface area contributed by atoms with Crippen LogP contribution in [0.25, 0.3) is 0 Å². The molecule has 0 bridgehead atoms. The first-order valence-electron chi connectivity index (χ1n) is 5.87. The van der Waals surface area contributed by atoms with Gasteiger partial charge in [0.15, 0.2) is 0 Å². The van der Waals surface area contributed by atoms with E-state index in [2.05, 4.69) is 24.3 Å². The predicted octanol–water partition coefficient (Wildman–Crippen LogP) is 1.89. The van der Waals surface area contributed by atoms with Crippen LogP contribution in [0.15, 0.2) is 6.07 Å². The van der Waals surface area contributed by atoms with Crippen LogP contribution in [0.2, 0.25) is 0 Å². The normalized spacial score (nSPS) is 10.9. The monoisotopic (exact) mass is 255 g/mol. The van der Waals surface area contributed by atoms with E-state index < -0.39 is 0 Å². The van der Waals surface area contributed by atoms with Crippen molar-refractivity contribution in [1.29, 1.82) is 0 Å². The van der Waals surface area contributed by atoms with E-state index in [-0.39, 0.29) is 5.91 Å². The fraction of sp³-hybridized carbons (Fsp3) is 0.583. The number of unbranched alkanes of at least 4 members (excludes halogenated alkanes) is 1. The van der Waals surface area contributed by atoms with Gasteiger partial charge in [-0.2, -0.15) is 0 Å². The molecule has 4 nitrogen and oxygen atoms in total. The number of aryl methyl sites for hydroxylation is 1. The van der Waals surface area contributed by atoms with E-state index in [9.17, 15) is 4.79 Å². The van der Waals surface area contributed by atoms with Crippen LogP contribution in [0.3, 0.4) is 0 Å². The van der Waals surface area contributed by atoms with Gasteiger partial charge in [-0.15, -0.1) is 11.3 Å². The first kappa shape index (κ1) is 14.2. The van der Waals surface area contributed by atoms with Crippen LogP contribution in [0.4, 0.5) is 0 Å². The smallest absolute Gasteiger partial charge is 0.275 e. The molecule has 3 N–H and O–H groups in total. The molecular weight excluding hydrogens is 234 g/mol. The molecule has 1 aromatic heterocycles. The zero-order valence-corrected chi connectivity index (χ0v) is 11.6. The lowest BCUT2D eigenvalue weighted by Gasteiger charge is -2.15. The van der Waals surface area contributed by atoms with Gasteiger partial charge < -0.3 is 4.90 Å². The second-order valence-corrected chi connectivity index (χ2v) is 5.51. The number of thiophene rings is 1. The van der Waals surface area contributed by atoms with E-state index in [1.165, 1.54) is 34.6 Å². The summed E-state index contributed by atoms with van der Waals surface area (Å²) in [5.74, 6) is 4.92. The third-order valence-corrected chi connectivity index (χ3v) is 3.80. The number of nitrogens with one attached hydrogen (secondary N) is 1. The Bertz CT molecular complexity index is 376. The Labute approximate surface area is 107 Å². The predicted molar refractivity (Wildman–Crippen MR) is 72.0 cm³/mol. The van der Waals surface area contributed by atoms with Crippen molar-refractivity contribution in [3.05, 3.63) is 21.4 Å². The highest BCUT2D eigenvalue weighted by molar-refractivity contribution is 7.14. The lowest BCUT2D eigenvalue weighted by molar-refractivity contribution is 0.0957. The SMILES string of the molecule is CCCCN(C)Cc1cc(C(=O)NN)sc1C. The topological polar surface area (TPSA) is 58.4 Å². The van der Waals surface area contributed by atoms with Crippen molar-refractivity contribution in [2.75, 3.05) is 13.6 Å². The second kappa shape index (κ2) is 6.74. The Balaban J connectivity index is 2.65. The summed E-state index contributed by atoms with van der Waals surface area (Å²) in [7, 11) is 2.11. The molecule has 0 aliphatic rings. The molecular formula is C12H21N3OS. The number of amides is 1. The van der Waals surface area contributed by atoms with Crippen LogP contribution in [0.1, 0.15) is 39.9 Å². The van der Waals surface area contributed by atoms with E-state index in [1.54, 1.807) is 0 Å². The summed E-state index contributed by atoms with van der Waals surface area (Å²) in [5.41, 5.74) is 3.38. The van der Waals surface area contributed by atoms with Crippen molar-refractivity contribution >= 4 is 17.2 Å². The van der Waals surface area contributed by atoms with Gasteiger partial charge in [0.25, 0.3) is 5.91 Å². The van der Waals surface area contributed by atoms with Crippen LogP contribution in [0, 0.1) is 6.92 Å².